The van der Waals surface area contributed by atoms with E-state index in [0.29, 0.717) is 24.4 Å². The van der Waals surface area contributed by atoms with Gasteiger partial charge in [-0.15, -0.1) is 0 Å². The number of likely N-dealkylation sites (tertiary alicyclic amines) is 1. The van der Waals surface area contributed by atoms with Crippen LogP contribution in [0.4, 0.5) is 0 Å². The summed E-state index contributed by atoms with van der Waals surface area (Å²) in [5, 5.41) is 9.54. The fraction of sp³-hybridized carbons (Fsp3) is 0.545. The number of β-amino-alcohol motifs (C(OH)–C–C–N with tert-alkyl or cyclic N) is 1. The van der Waals surface area contributed by atoms with Crippen molar-refractivity contribution in [1.29, 1.82) is 0 Å². The summed E-state index contributed by atoms with van der Waals surface area (Å²) < 4.78 is 5.30. The van der Waals surface area contributed by atoms with E-state index in [4.69, 9.17) is 4.42 Å². The van der Waals surface area contributed by atoms with Crippen LogP contribution in [0, 0.1) is 13.8 Å². The van der Waals surface area contributed by atoms with Gasteiger partial charge >= 0.3 is 0 Å². The molecule has 82 valence electrons. The Morgan fingerprint density at radius 3 is 2.53 bits per heavy atom. The van der Waals surface area contributed by atoms with Gasteiger partial charge in [0.1, 0.15) is 11.5 Å². The molecule has 1 aromatic heterocycles. The number of aryl methyl sites for hydroxylation is 2. The van der Waals surface area contributed by atoms with Crippen molar-refractivity contribution in [1.82, 2.24) is 4.90 Å². The molecule has 0 radical (unpaired) electrons. The van der Waals surface area contributed by atoms with Crippen molar-refractivity contribution < 1.29 is 14.3 Å². The Morgan fingerprint density at radius 1 is 1.53 bits per heavy atom. The zero-order valence-corrected chi connectivity index (χ0v) is 9.20. The van der Waals surface area contributed by atoms with Gasteiger partial charge in [0, 0.05) is 0 Å². The second-order valence-corrected chi connectivity index (χ2v) is 4.49. The molecule has 1 N–H and O–H groups in total. The van der Waals surface area contributed by atoms with Crippen LogP contribution in [0.5, 0.6) is 0 Å². The summed E-state index contributed by atoms with van der Waals surface area (Å²) in [6.45, 7) is 6.11. The van der Waals surface area contributed by atoms with Crippen molar-refractivity contribution in [3.8, 4) is 0 Å². The summed E-state index contributed by atoms with van der Waals surface area (Å²) in [6, 6.07) is 1.74. The molecule has 0 unspecified atom stereocenters. The smallest absolute Gasteiger partial charge is 0.257 e. The lowest BCUT2D eigenvalue weighted by atomic mass is 9.96. The van der Waals surface area contributed by atoms with Crippen LogP contribution >= 0.6 is 0 Å². The van der Waals surface area contributed by atoms with Crippen molar-refractivity contribution in [2.24, 2.45) is 0 Å². The van der Waals surface area contributed by atoms with E-state index in [2.05, 4.69) is 0 Å². The van der Waals surface area contributed by atoms with Gasteiger partial charge in [0.15, 0.2) is 0 Å². The molecule has 15 heavy (non-hydrogen) atoms. The first-order valence-electron chi connectivity index (χ1n) is 4.98. The highest BCUT2D eigenvalue weighted by Crippen LogP contribution is 2.24. The van der Waals surface area contributed by atoms with Gasteiger partial charge in [0.25, 0.3) is 5.91 Å². The standard InChI is InChI=1S/C11H15NO3/c1-7-4-9(8(2)15-7)10(13)12-5-11(3,14)6-12/h4,14H,5-6H2,1-3H3. The highest BCUT2D eigenvalue weighted by Gasteiger charge is 2.40. The van der Waals surface area contributed by atoms with Gasteiger partial charge in [0.05, 0.1) is 24.3 Å². The average molecular weight is 209 g/mol. The Morgan fingerprint density at radius 2 is 2.13 bits per heavy atom. The Labute approximate surface area is 88.5 Å². The third-order valence-electron chi connectivity index (χ3n) is 2.62. The van der Waals surface area contributed by atoms with Gasteiger partial charge in [-0.2, -0.15) is 0 Å². The van der Waals surface area contributed by atoms with E-state index in [1.807, 2.05) is 6.92 Å². The molecule has 0 bridgehead atoms. The fourth-order valence-electron chi connectivity index (χ4n) is 1.93. The summed E-state index contributed by atoms with van der Waals surface area (Å²) in [5.74, 6) is 1.32. The minimum atomic E-state index is -0.720. The molecule has 0 saturated carbocycles. The summed E-state index contributed by atoms with van der Waals surface area (Å²) in [5.41, 5.74) is -0.120. The van der Waals surface area contributed by atoms with Crippen LogP contribution in [0.25, 0.3) is 0 Å². The molecule has 2 heterocycles. The van der Waals surface area contributed by atoms with Crippen molar-refractivity contribution in [2.75, 3.05) is 13.1 Å². The average Bonchev–Trinajstić information content (AvgIpc) is 2.40. The maximum absolute atomic E-state index is 11.9. The summed E-state index contributed by atoms with van der Waals surface area (Å²) in [7, 11) is 0. The Bertz CT molecular complexity index is 398. The summed E-state index contributed by atoms with van der Waals surface area (Å²) in [4.78, 5) is 13.5. The first-order chi connectivity index (χ1) is 6.89. The third kappa shape index (κ3) is 1.77. The minimum absolute atomic E-state index is 0.0594. The molecule has 0 spiro atoms. The van der Waals surface area contributed by atoms with E-state index in [1.54, 1.807) is 24.8 Å². The predicted molar refractivity (Wildman–Crippen MR) is 54.7 cm³/mol. The van der Waals surface area contributed by atoms with Gasteiger partial charge in [-0.25, -0.2) is 0 Å². The van der Waals surface area contributed by atoms with Gasteiger partial charge in [-0.3, -0.25) is 4.79 Å². The van der Waals surface area contributed by atoms with Crippen molar-refractivity contribution >= 4 is 5.91 Å². The quantitative estimate of drug-likeness (QED) is 0.753. The molecule has 4 nitrogen and oxygen atoms in total. The maximum atomic E-state index is 11.9. The minimum Gasteiger partial charge on any atom is -0.466 e. The first kappa shape index (κ1) is 10.2. The number of furan rings is 1. The van der Waals surface area contributed by atoms with Crippen LogP contribution in [0.3, 0.4) is 0 Å². The van der Waals surface area contributed by atoms with Crippen LogP contribution in [-0.2, 0) is 0 Å². The molecule has 1 aliphatic rings. The van der Waals surface area contributed by atoms with E-state index < -0.39 is 5.60 Å². The van der Waals surface area contributed by atoms with Crippen molar-refractivity contribution in [3.63, 3.8) is 0 Å². The highest BCUT2D eigenvalue weighted by molar-refractivity contribution is 5.96. The van der Waals surface area contributed by atoms with Gasteiger partial charge in [0.2, 0.25) is 0 Å². The number of carbonyl (C=O) groups excluding carboxylic acids is 1. The molecular weight excluding hydrogens is 194 g/mol. The van der Waals surface area contributed by atoms with Crippen LogP contribution in [0.15, 0.2) is 10.5 Å². The molecule has 1 saturated heterocycles. The van der Waals surface area contributed by atoms with E-state index in [1.165, 1.54) is 0 Å². The second kappa shape index (κ2) is 3.10. The number of hydrogen-bond donors (Lipinski definition) is 1. The summed E-state index contributed by atoms with van der Waals surface area (Å²) >= 11 is 0. The van der Waals surface area contributed by atoms with E-state index in [-0.39, 0.29) is 5.91 Å². The number of amides is 1. The van der Waals surface area contributed by atoms with Gasteiger partial charge < -0.3 is 14.4 Å². The third-order valence-corrected chi connectivity index (χ3v) is 2.62. The zero-order valence-electron chi connectivity index (χ0n) is 9.20. The molecule has 0 aliphatic carbocycles. The fourth-order valence-corrected chi connectivity index (χ4v) is 1.93. The van der Waals surface area contributed by atoms with Crippen molar-refractivity contribution in [2.45, 2.75) is 26.4 Å². The predicted octanol–water partition coefficient (Wildman–Crippen LogP) is 1.10. The number of rotatable bonds is 1. The van der Waals surface area contributed by atoms with Crippen LogP contribution in [0.1, 0.15) is 28.8 Å². The molecule has 0 atom stereocenters. The number of nitrogens with zero attached hydrogens (tertiary/aromatic N) is 1. The van der Waals surface area contributed by atoms with Crippen LogP contribution in [0.2, 0.25) is 0 Å². The normalized spacial score (nSPS) is 18.8. The zero-order chi connectivity index (χ0) is 11.2. The molecule has 4 heteroatoms. The van der Waals surface area contributed by atoms with Crippen LogP contribution < -0.4 is 0 Å². The van der Waals surface area contributed by atoms with Gasteiger partial charge in [-0.1, -0.05) is 0 Å². The maximum Gasteiger partial charge on any atom is 0.257 e. The lowest BCUT2D eigenvalue weighted by Crippen LogP contribution is -2.61. The molecular formula is C11H15NO3. The van der Waals surface area contributed by atoms with Crippen LogP contribution in [-0.4, -0.2) is 34.6 Å². The molecule has 1 fully saturated rings. The number of aliphatic hydroxyl groups is 1. The lowest BCUT2D eigenvalue weighted by molar-refractivity contribution is -0.0669. The summed E-state index contributed by atoms with van der Waals surface area (Å²) in [6.07, 6.45) is 0. The first-order valence-corrected chi connectivity index (χ1v) is 4.98. The molecule has 1 amide bonds. The second-order valence-electron chi connectivity index (χ2n) is 4.49. The van der Waals surface area contributed by atoms with E-state index >= 15 is 0 Å². The Hall–Kier alpha value is -1.29. The Balaban J connectivity index is 2.13. The molecule has 1 aromatic rings. The topological polar surface area (TPSA) is 53.7 Å². The number of carbonyl (C=O) groups is 1. The van der Waals surface area contributed by atoms with E-state index in [9.17, 15) is 9.90 Å². The monoisotopic (exact) mass is 209 g/mol. The molecule has 0 aromatic carbocycles. The van der Waals surface area contributed by atoms with Gasteiger partial charge in [-0.05, 0) is 26.8 Å². The van der Waals surface area contributed by atoms with Crippen molar-refractivity contribution in [3.05, 3.63) is 23.2 Å². The Kier molecular flexibility index (Phi) is 2.12. The SMILES string of the molecule is Cc1cc(C(=O)N2CC(C)(O)C2)c(C)o1. The molecule has 2 rings (SSSR count). The highest BCUT2D eigenvalue weighted by atomic mass is 16.3. The van der Waals surface area contributed by atoms with E-state index in [0.717, 1.165) is 5.76 Å². The largest absolute Gasteiger partial charge is 0.466 e. The molecule has 1 aliphatic heterocycles. The lowest BCUT2D eigenvalue weighted by Gasteiger charge is -2.44. The number of hydrogen-bond acceptors (Lipinski definition) is 3.